The number of aromatic hydroxyl groups is 1. The Morgan fingerprint density at radius 3 is 2.50 bits per heavy atom. The van der Waals surface area contributed by atoms with Crippen LogP contribution in [0, 0.1) is 6.92 Å². The number of phenols is 1. The van der Waals surface area contributed by atoms with Gasteiger partial charge in [-0.05, 0) is 52.7 Å². The number of aliphatic hydroxyl groups is 1. The van der Waals surface area contributed by atoms with E-state index in [4.69, 9.17) is 4.74 Å². The van der Waals surface area contributed by atoms with Crippen molar-refractivity contribution in [1.82, 2.24) is 9.97 Å². The fraction of sp³-hybridized carbons (Fsp3) is 0.174. The number of hydrogen-bond donors (Lipinski definition) is 2. The number of Topliss-reactive ketones (excluding diaryl/α,β-unsaturated/α-hetero) is 2. The average molecular weight is 544 g/mol. The molecule has 1 saturated heterocycles. The number of methoxy groups -OCH3 is 1. The number of hydrogen-bond acceptors (Lipinski definition) is 9. The Morgan fingerprint density at radius 1 is 1.24 bits per heavy atom. The first kappa shape index (κ1) is 23.6. The number of aromatic nitrogens is 2. The maximum absolute atomic E-state index is 13.2. The maximum atomic E-state index is 13.2. The summed E-state index contributed by atoms with van der Waals surface area (Å²) in [7, 11) is 1.36. The fourth-order valence-electron chi connectivity index (χ4n) is 3.73. The Labute approximate surface area is 206 Å². The first-order chi connectivity index (χ1) is 16.1. The quantitative estimate of drug-likeness (QED) is 0.212. The third-order valence-corrected chi connectivity index (χ3v) is 7.16. The zero-order valence-corrected chi connectivity index (χ0v) is 20.6. The molecule has 2 aromatic heterocycles. The standard InChI is InChI=1S/C23H18BrN3O6S/c1-10-21(11(2)28)34-23(26-10)27-17(13-8-14(24)19(30)15(9-13)33-3)16(20(31)22(27)32)18(29)12-4-6-25-7-5-12/h4-9,17,29-30H,1-3H3/b18-16+. The van der Waals surface area contributed by atoms with Gasteiger partial charge >= 0.3 is 5.91 Å². The van der Waals surface area contributed by atoms with Gasteiger partial charge in [0.15, 0.2) is 22.4 Å². The van der Waals surface area contributed by atoms with Crippen molar-refractivity contribution >= 4 is 55.6 Å². The van der Waals surface area contributed by atoms with E-state index < -0.39 is 23.5 Å². The second-order valence-corrected chi connectivity index (χ2v) is 9.26. The minimum absolute atomic E-state index is 0.0959. The van der Waals surface area contributed by atoms with Crippen molar-refractivity contribution in [2.75, 3.05) is 12.0 Å². The molecule has 0 bridgehead atoms. The summed E-state index contributed by atoms with van der Waals surface area (Å²) in [5.41, 5.74) is 0.913. The van der Waals surface area contributed by atoms with Crippen LogP contribution in [0.3, 0.4) is 0 Å². The number of anilines is 1. The molecular formula is C23H18BrN3O6S. The largest absolute Gasteiger partial charge is 0.507 e. The minimum Gasteiger partial charge on any atom is -0.507 e. The van der Waals surface area contributed by atoms with Gasteiger partial charge in [0.1, 0.15) is 5.76 Å². The second-order valence-electron chi connectivity index (χ2n) is 7.43. The molecule has 0 spiro atoms. The third kappa shape index (κ3) is 3.86. The van der Waals surface area contributed by atoms with Crippen LogP contribution in [-0.4, -0.2) is 44.8 Å². The third-order valence-electron chi connectivity index (χ3n) is 5.30. The molecule has 11 heteroatoms. The smallest absolute Gasteiger partial charge is 0.301 e. The summed E-state index contributed by atoms with van der Waals surface area (Å²) < 4.78 is 5.50. The molecule has 1 unspecified atom stereocenters. The van der Waals surface area contributed by atoms with Gasteiger partial charge in [0.2, 0.25) is 0 Å². The number of phenolic OH excluding ortho intramolecular Hbond substituents is 1. The number of aliphatic hydroxyl groups excluding tert-OH is 1. The molecule has 2 N–H and O–H groups in total. The molecule has 0 saturated carbocycles. The van der Waals surface area contributed by atoms with Crippen LogP contribution in [0.25, 0.3) is 5.76 Å². The van der Waals surface area contributed by atoms with E-state index in [1.807, 2.05) is 0 Å². The molecule has 3 heterocycles. The van der Waals surface area contributed by atoms with Gasteiger partial charge in [0, 0.05) is 24.9 Å². The highest BCUT2D eigenvalue weighted by Gasteiger charge is 2.48. The molecular weight excluding hydrogens is 526 g/mol. The van der Waals surface area contributed by atoms with E-state index in [2.05, 4.69) is 25.9 Å². The van der Waals surface area contributed by atoms with Crippen LogP contribution in [0.1, 0.15) is 39.5 Å². The first-order valence-electron chi connectivity index (χ1n) is 9.91. The number of halogens is 1. The Bertz CT molecular complexity index is 1370. The van der Waals surface area contributed by atoms with E-state index in [-0.39, 0.29) is 32.5 Å². The van der Waals surface area contributed by atoms with Crippen LogP contribution in [-0.2, 0) is 9.59 Å². The van der Waals surface area contributed by atoms with Crippen LogP contribution in [0.15, 0.2) is 46.7 Å². The highest BCUT2D eigenvalue weighted by atomic mass is 79.9. The molecule has 3 aromatic rings. The number of ether oxygens (including phenoxy) is 1. The molecule has 0 aliphatic carbocycles. The Kier molecular flexibility index (Phi) is 6.24. The molecule has 0 radical (unpaired) electrons. The summed E-state index contributed by atoms with van der Waals surface area (Å²) >= 11 is 4.25. The van der Waals surface area contributed by atoms with Gasteiger partial charge in [-0.3, -0.25) is 24.3 Å². The van der Waals surface area contributed by atoms with E-state index in [1.54, 1.807) is 6.92 Å². The molecule has 1 fully saturated rings. The first-order valence-corrected chi connectivity index (χ1v) is 11.5. The molecule has 1 aliphatic rings. The second kappa shape index (κ2) is 8.99. The molecule has 1 atom stereocenters. The van der Waals surface area contributed by atoms with Gasteiger partial charge in [-0.1, -0.05) is 11.3 Å². The zero-order chi connectivity index (χ0) is 24.7. The molecule has 1 amide bonds. The van der Waals surface area contributed by atoms with E-state index in [9.17, 15) is 24.6 Å². The van der Waals surface area contributed by atoms with Gasteiger partial charge in [-0.2, -0.15) is 0 Å². The SMILES string of the molecule is COc1cc(C2/C(=C(\O)c3ccncc3)C(=O)C(=O)N2c2nc(C)c(C(C)=O)s2)cc(Br)c1O. The Morgan fingerprint density at radius 2 is 1.91 bits per heavy atom. The number of ketones is 2. The highest BCUT2D eigenvalue weighted by molar-refractivity contribution is 9.10. The average Bonchev–Trinajstić information content (AvgIpc) is 3.33. The van der Waals surface area contributed by atoms with Gasteiger partial charge in [-0.25, -0.2) is 4.98 Å². The van der Waals surface area contributed by atoms with Gasteiger partial charge < -0.3 is 14.9 Å². The van der Waals surface area contributed by atoms with Crippen molar-refractivity contribution in [2.45, 2.75) is 19.9 Å². The van der Waals surface area contributed by atoms with E-state index >= 15 is 0 Å². The van der Waals surface area contributed by atoms with Crippen molar-refractivity contribution in [3.05, 3.63) is 68.4 Å². The minimum atomic E-state index is -1.11. The van der Waals surface area contributed by atoms with Crippen LogP contribution in [0.5, 0.6) is 11.5 Å². The Hall–Kier alpha value is -3.57. The summed E-state index contributed by atoms with van der Waals surface area (Å²) in [5, 5.41) is 21.5. The number of aryl methyl sites for hydroxylation is 1. The summed E-state index contributed by atoms with van der Waals surface area (Å²) in [6, 6.07) is 4.90. The molecule has 1 aliphatic heterocycles. The lowest BCUT2D eigenvalue weighted by atomic mass is 9.95. The van der Waals surface area contributed by atoms with Crippen LogP contribution in [0.4, 0.5) is 5.13 Å². The maximum Gasteiger partial charge on any atom is 0.301 e. The number of benzene rings is 1. The van der Waals surface area contributed by atoms with Crippen molar-refractivity contribution in [3.8, 4) is 11.5 Å². The number of carbonyl (C=O) groups excluding carboxylic acids is 3. The molecule has 34 heavy (non-hydrogen) atoms. The normalized spacial score (nSPS) is 17.3. The molecule has 4 rings (SSSR count). The topological polar surface area (TPSA) is 130 Å². The summed E-state index contributed by atoms with van der Waals surface area (Å²) in [6.07, 6.45) is 2.90. The predicted octanol–water partition coefficient (Wildman–Crippen LogP) is 4.15. The lowest BCUT2D eigenvalue weighted by molar-refractivity contribution is -0.132. The van der Waals surface area contributed by atoms with Crippen molar-refractivity contribution < 1.29 is 29.3 Å². The van der Waals surface area contributed by atoms with Crippen molar-refractivity contribution in [2.24, 2.45) is 0 Å². The van der Waals surface area contributed by atoms with Gasteiger partial charge in [-0.15, -0.1) is 0 Å². The summed E-state index contributed by atoms with van der Waals surface area (Å²) in [5.74, 6) is -2.51. The summed E-state index contributed by atoms with van der Waals surface area (Å²) in [6.45, 7) is 3.03. The van der Waals surface area contributed by atoms with Crippen molar-refractivity contribution in [3.63, 3.8) is 0 Å². The predicted molar refractivity (Wildman–Crippen MR) is 128 cm³/mol. The molecule has 174 valence electrons. The lowest BCUT2D eigenvalue weighted by Crippen LogP contribution is -2.29. The van der Waals surface area contributed by atoms with E-state index in [0.29, 0.717) is 21.7 Å². The number of nitrogens with zero attached hydrogens (tertiary/aromatic N) is 3. The van der Waals surface area contributed by atoms with Gasteiger partial charge in [0.05, 0.1) is 33.8 Å². The monoisotopic (exact) mass is 543 g/mol. The van der Waals surface area contributed by atoms with E-state index in [1.165, 1.54) is 50.7 Å². The zero-order valence-electron chi connectivity index (χ0n) is 18.2. The number of carbonyl (C=O) groups is 3. The van der Waals surface area contributed by atoms with Crippen molar-refractivity contribution in [1.29, 1.82) is 0 Å². The van der Waals surface area contributed by atoms with Crippen LogP contribution >= 0.6 is 27.3 Å². The van der Waals surface area contributed by atoms with E-state index in [0.717, 1.165) is 16.2 Å². The lowest BCUT2D eigenvalue weighted by Gasteiger charge is -2.24. The van der Waals surface area contributed by atoms with Crippen LogP contribution < -0.4 is 9.64 Å². The Balaban J connectivity index is 2.01. The summed E-state index contributed by atoms with van der Waals surface area (Å²) in [4.78, 5) is 48.3. The number of pyridine rings is 1. The molecule has 9 nitrogen and oxygen atoms in total. The number of amides is 1. The number of thiazole rings is 1. The van der Waals surface area contributed by atoms with Crippen LogP contribution in [0.2, 0.25) is 0 Å². The molecule has 1 aromatic carbocycles. The number of rotatable bonds is 5. The highest BCUT2D eigenvalue weighted by Crippen LogP contribution is 2.47. The van der Waals surface area contributed by atoms with Gasteiger partial charge in [0.25, 0.3) is 5.78 Å². The fourth-order valence-corrected chi connectivity index (χ4v) is 5.18.